The number of aromatic nitrogens is 3. The maximum atomic E-state index is 13.0. The number of fused-ring (bicyclic) bond motifs is 7. The summed E-state index contributed by atoms with van der Waals surface area (Å²) in [5.74, 6) is -0.123. The Morgan fingerprint density at radius 2 is 1.76 bits per heavy atom. The molecule has 2 unspecified atom stereocenters. The fraction of sp³-hybridized carbons (Fsp3) is 0.442. The van der Waals surface area contributed by atoms with Crippen LogP contribution < -0.4 is 4.74 Å². The van der Waals surface area contributed by atoms with E-state index in [1.54, 1.807) is 4.57 Å². The van der Waals surface area contributed by atoms with Crippen molar-refractivity contribution in [3.63, 3.8) is 0 Å². The van der Waals surface area contributed by atoms with E-state index in [1.165, 1.54) is 11.3 Å². The summed E-state index contributed by atoms with van der Waals surface area (Å²) in [5.41, 5.74) is 7.69. The molecule has 0 radical (unpaired) electrons. The Bertz CT molecular complexity index is 2270. The average Bonchev–Trinajstić information content (AvgIpc) is 3.75. The quantitative estimate of drug-likeness (QED) is 0.204. The summed E-state index contributed by atoms with van der Waals surface area (Å²) in [6.45, 7) is 6.98. The van der Waals surface area contributed by atoms with E-state index in [-0.39, 0.29) is 17.8 Å². The smallest absolute Gasteiger partial charge is 0.352 e. The Morgan fingerprint density at radius 3 is 2.56 bits per heavy atom. The normalized spacial score (nSPS) is 20.4. The lowest BCUT2D eigenvalue weighted by atomic mass is 9.95. The van der Waals surface area contributed by atoms with Gasteiger partial charge in [-0.2, -0.15) is 5.10 Å². The number of hydrogen-bond donors (Lipinski definition) is 1. The first-order valence-corrected chi connectivity index (χ1v) is 19.8. The SMILES string of the molecule is Cc1c2c(nn1C)C(CCN1CCOCC1)OCC1C=C(CCc3cc(c4ccccc4c3)OCCCc3c(C(=O)O)n(C)c4c-2c(Cl)ccc34)N(C)N1C. The zero-order chi connectivity index (χ0) is 38.4. The van der Waals surface area contributed by atoms with Gasteiger partial charge in [0, 0.05) is 81.1 Å². The molecule has 11 nitrogen and oxygen atoms in total. The summed E-state index contributed by atoms with van der Waals surface area (Å²) in [7, 11) is 8.02. The van der Waals surface area contributed by atoms with Crippen molar-refractivity contribution in [2.24, 2.45) is 14.1 Å². The number of aromatic carboxylic acids is 1. The third kappa shape index (κ3) is 7.13. The van der Waals surface area contributed by atoms with Crippen LogP contribution in [0.2, 0.25) is 5.02 Å². The molecule has 0 aliphatic carbocycles. The number of halogens is 1. The first-order chi connectivity index (χ1) is 26.6. The standard InChI is InChI=1S/C43H51ClN6O5/c1-27-38-39-35(44)15-14-34-33(42(43(51)52)46(2)41(34)39)11-8-20-54-37-24-28(23-29-9-6-7-10-32(29)37)12-13-30-25-31(49(5)48(30)4)26-55-36(40(38)45-47(27)3)16-17-50-18-21-53-22-19-50/h6-7,9-10,14-15,23-25,31,36H,8,11-13,16-22,26H2,1-5H3,(H,51,52). The highest BCUT2D eigenvalue weighted by atomic mass is 35.5. The van der Waals surface area contributed by atoms with Gasteiger partial charge in [0.25, 0.3) is 0 Å². The molecule has 12 heteroatoms. The second-order valence-corrected chi connectivity index (χ2v) is 15.5. The van der Waals surface area contributed by atoms with Gasteiger partial charge in [0.05, 0.1) is 48.7 Å². The van der Waals surface area contributed by atoms with Crippen molar-refractivity contribution < 1.29 is 24.1 Å². The molecule has 3 aliphatic heterocycles. The highest BCUT2D eigenvalue weighted by molar-refractivity contribution is 6.35. The molecule has 8 bridgehead atoms. The molecular weight excluding hydrogens is 716 g/mol. The molecule has 0 saturated carbocycles. The number of nitrogens with zero attached hydrogens (tertiary/aromatic N) is 6. The van der Waals surface area contributed by atoms with Crippen molar-refractivity contribution in [3.8, 4) is 16.9 Å². The summed E-state index contributed by atoms with van der Waals surface area (Å²) < 4.78 is 22.9. The lowest BCUT2D eigenvalue weighted by molar-refractivity contribution is -0.0274. The molecule has 3 aromatic carbocycles. The summed E-state index contributed by atoms with van der Waals surface area (Å²) >= 11 is 7.20. The number of carbonyl (C=O) groups is 1. The molecule has 2 aromatic heterocycles. The minimum atomic E-state index is -0.974. The van der Waals surface area contributed by atoms with E-state index in [9.17, 15) is 9.90 Å². The monoisotopic (exact) mass is 766 g/mol. The highest BCUT2D eigenvalue weighted by Gasteiger charge is 2.33. The van der Waals surface area contributed by atoms with E-state index >= 15 is 0 Å². The van der Waals surface area contributed by atoms with Crippen LogP contribution in [0.4, 0.5) is 0 Å². The molecular formula is C43H51ClN6O5. The molecule has 2 atom stereocenters. The van der Waals surface area contributed by atoms with Crippen LogP contribution in [0.15, 0.2) is 60.3 Å². The predicted octanol–water partition coefficient (Wildman–Crippen LogP) is 7.17. The van der Waals surface area contributed by atoms with Gasteiger partial charge in [-0.05, 0) is 73.7 Å². The Kier molecular flexibility index (Phi) is 10.7. The molecule has 5 heterocycles. The van der Waals surface area contributed by atoms with E-state index < -0.39 is 5.97 Å². The third-order valence-corrected chi connectivity index (χ3v) is 12.3. The molecule has 290 valence electrons. The van der Waals surface area contributed by atoms with Crippen LogP contribution in [-0.2, 0) is 36.4 Å². The number of rotatable bonds is 4. The summed E-state index contributed by atoms with van der Waals surface area (Å²) in [6, 6.07) is 16.7. The maximum Gasteiger partial charge on any atom is 0.352 e. The van der Waals surface area contributed by atoms with Crippen molar-refractivity contribution in [1.82, 2.24) is 29.3 Å². The number of hydrazine groups is 1. The molecule has 0 spiro atoms. The predicted molar refractivity (Wildman–Crippen MR) is 216 cm³/mol. The van der Waals surface area contributed by atoms with Gasteiger partial charge in [-0.3, -0.25) is 9.58 Å². The van der Waals surface area contributed by atoms with E-state index in [2.05, 4.69) is 65.4 Å². The van der Waals surface area contributed by atoms with Crippen LogP contribution in [0, 0.1) is 6.92 Å². The van der Waals surface area contributed by atoms with Crippen molar-refractivity contribution in [2.45, 2.75) is 51.2 Å². The first kappa shape index (κ1) is 37.5. The lowest BCUT2D eigenvalue weighted by Gasteiger charge is -2.31. The van der Waals surface area contributed by atoms with Crippen LogP contribution in [0.25, 0.3) is 32.8 Å². The summed E-state index contributed by atoms with van der Waals surface area (Å²) in [5, 5.41) is 23.9. The third-order valence-electron chi connectivity index (χ3n) is 11.9. The van der Waals surface area contributed by atoms with Crippen molar-refractivity contribution >= 4 is 39.2 Å². The lowest BCUT2D eigenvalue weighted by Crippen LogP contribution is -2.39. The number of carboxylic acid groups (broad SMARTS) is 1. The molecule has 5 aromatic rings. The largest absolute Gasteiger partial charge is 0.493 e. The fourth-order valence-electron chi connectivity index (χ4n) is 8.74. The van der Waals surface area contributed by atoms with Gasteiger partial charge in [0.2, 0.25) is 0 Å². The second-order valence-electron chi connectivity index (χ2n) is 15.1. The Hall–Kier alpha value is -4.39. The van der Waals surface area contributed by atoms with Crippen LogP contribution in [-0.4, -0.2) is 107 Å². The number of hydrogen-bond acceptors (Lipinski definition) is 8. The first-order valence-electron chi connectivity index (χ1n) is 19.4. The molecule has 0 amide bonds. The van der Waals surface area contributed by atoms with Gasteiger partial charge in [-0.1, -0.05) is 48.0 Å². The zero-order valence-corrected chi connectivity index (χ0v) is 33.2. The van der Waals surface area contributed by atoms with Crippen molar-refractivity contribution in [1.29, 1.82) is 0 Å². The van der Waals surface area contributed by atoms with E-state index in [0.29, 0.717) is 31.1 Å². The van der Waals surface area contributed by atoms with E-state index in [4.69, 9.17) is 30.9 Å². The van der Waals surface area contributed by atoms with E-state index in [1.807, 2.05) is 43.9 Å². The Labute approximate surface area is 327 Å². The van der Waals surface area contributed by atoms with Gasteiger partial charge in [0.15, 0.2) is 0 Å². The molecule has 8 rings (SSSR count). The number of allylic oxidation sites excluding steroid dienone is 1. The summed E-state index contributed by atoms with van der Waals surface area (Å²) in [6.07, 6.45) is 5.60. The number of ether oxygens (including phenoxy) is 3. The van der Waals surface area contributed by atoms with Gasteiger partial charge < -0.3 is 28.9 Å². The summed E-state index contributed by atoms with van der Waals surface area (Å²) in [4.78, 5) is 15.4. The average molecular weight is 767 g/mol. The van der Waals surface area contributed by atoms with Gasteiger partial charge in [-0.15, -0.1) is 0 Å². The number of likely N-dealkylation sites (N-methyl/N-ethyl adjacent to an activating group) is 1. The van der Waals surface area contributed by atoms with Crippen LogP contribution in [0.1, 0.15) is 58.4 Å². The zero-order valence-electron chi connectivity index (χ0n) is 32.5. The van der Waals surface area contributed by atoms with Gasteiger partial charge >= 0.3 is 5.97 Å². The molecule has 1 N–H and O–H groups in total. The minimum absolute atomic E-state index is 0.0318. The van der Waals surface area contributed by atoms with Crippen molar-refractivity contribution in [2.75, 3.05) is 60.2 Å². The van der Waals surface area contributed by atoms with Crippen LogP contribution in [0.5, 0.6) is 5.75 Å². The number of benzene rings is 3. The number of morpholine rings is 1. The molecule has 1 saturated heterocycles. The maximum absolute atomic E-state index is 13.0. The van der Waals surface area contributed by atoms with Gasteiger partial charge in [0.1, 0.15) is 17.5 Å². The van der Waals surface area contributed by atoms with E-state index in [0.717, 1.165) is 108 Å². The molecule has 3 aliphatic rings. The second kappa shape index (κ2) is 15.6. The van der Waals surface area contributed by atoms with Crippen molar-refractivity contribution in [3.05, 3.63) is 93.5 Å². The number of aryl methyl sites for hydroxylation is 4. The minimum Gasteiger partial charge on any atom is -0.493 e. The molecule has 1 fully saturated rings. The van der Waals surface area contributed by atoms with Crippen LogP contribution >= 0.6 is 11.6 Å². The Balaban J connectivity index is 1.26. The fourth-order valence-corrected chi connectivity index (χ4v) is 8.98. The topological polar surface area (TPSA) is 97.5 Å². The molecule has 55 heavy (non-hydrogen) atoms. The van der Waals surface area contributed by atoms with Gasteiger partial charge in [-0.25, -0.2) is 9.80 Å². The Morgan fingerprint density at radius 1 is 0.964 bits per heavy atom. The van der Waals surface area contributed by atoms with Crippen LogP contribution in [0.3, 0.4) is 0 Å². The highest BCUT2D eigenvalue weighted by Crippen LogP contribution is 2.44. The number of carboxylic acids is 1.